The molecule has 0 aromatic carbocycles. The molecular formula is C7H8N2O2. The Labute approximate surface area is 63.8 Å². The van der Waals surface area contributed by atoms with Crippen LogP contribution in [0.2, 0.25) is 0 Å². The number of aromatic nitrogens is 2. The van der Waals surface area contributed by atoms with Crippen molar-refractivity contribution in [1.82, 2.24) is 9.78 Å². The first-order chi connectivity index (χ1) is 5.42. The maximum atomic E-state index is 10.4. The summed E-state index contributed by atoms with van der Waals surface area (Å²) in [5, 5.41) is 3.99. The van der Waals surface area contributed by atoms with E-state index in [-0.39, 0.29) is 0 Å². The molecule has 4 heteroatoms. The largest absolute Gasteiger partial charge is 0.477 e. The molecule has 1 aliphatic rings. The van der Waals surface area contributed by atoms with Gasteiger partial charge in [0, 0.05) is 13.0 Å². The van der Waals surface area contributed by atoms with Crippen molar-refractivity contribution in [2.75, 3.05) is 6.61 Å². The van der Waals surface area contributed by atoms with Gasteiger partial charge in [-0.2, -0.15) is 5.10 Å². The maximum absolute atomic E-state index is 10.4. The second kappa shape index (κ2) is 2.38. The highest BCUT2D eigenvalue weighted by Gasteiger charge is 2.14. The van der Waals surface area contributed by atoms with Gasteiger partial charge in [0.2, 0.25) is 5.88 Å². The second-order valence-electron chi connectivity index (χ2n) is 2.45. The Hall–Kier alpha value is -1.32. The fraction of sp³-hybridized carbons (Fsp3) is 0.429. The van der Waals surface area contributed by atoms with Crippen LogP contribution in [0.3, 0.4) is 0 Å². The van der Waals surface area contributed by atoms with Gasteiger partial charge in [-0.15, -0.1) is 0 Å². The molecule has 58 valence electrons. The minimum atomic E-state index is 0.546. The number of aryl methyl sites for hydroxylation is 1. The Morgan fingerprint density at radius 3 is 3.45 bits per heavy atom. The molecule has 0 amide bonds. The van der Waals surface area contributed by atoms with E-state index in [0.29, 0.717) is 18.1 Å². The summed E-state index contributed by atoms with van der Waals surface area (Å²) in [4.78, 5) is 10.4. The molecule has 2 heterocycles. The molecule has 4 nitrogen and oxygen atoms in total. The Morgan fingerprint density at radius 1 is 1.73 bits per heavy atom. The first-order valence-corrected chi connectivity index (χ1v) is 3.55. The summed E-state index contributed by atoms with van der Waals surface area (Å²) in [6.45, 7) is 1.54. The van der Waals surface area contributed by atoms with E-state index in [1.54, 1.807) is 4.68 Å². The lowest BCUT2D eigenvalue weighted by Crippen LogP contribution is -2.15. The van der Waals surface area contributed by atoms with Crippen molar-refractivity contribution in [2.24, 2.45) is 0 Å². The van der Waals surface area contributed by atoms with Crippen LogP contribution in [0.25, 0.3) is 0 Å². The number of nitrogens with zero attached hydrogens (tertiary/aromatic N) is 2. The highest BCUT2D eigenvalue weighted by Crippen LogP contribution is 2.19. The van der Waals surface area contributed by atoms with E-state index in [0.717, 1.165) is 19.3 Å². The van der Waals surface area contributed by atoms with Gasteiger partial charge in [0.05, 0.1) is 18.4 Å². The van der Waals surface area contributed by atoms with Gasteiger partial charge in [-0.3, -0.25) is 4.79 Å². The molecule has 0 atom stereocenters. The molecule has 1 aromatic rings. The molecule has 0 saturated carbocycles. The number of hydrogen-bond donors (Lipinski definition) is 0. The van der Waals surface area contributed by atoms with Crippen molar-refractivity contribution in [1.29, 1.82) is 0 Å². The molecule has 0 saturated heterocycles. The number of aldehydes is 1. The Kier molecular flexibility index (Phi) is 1.38. The average Bonchev–Trinajstić information content (AvgIpc) is 2.47. The molecule has 2 rings (SSSR count). The van der Waals surface area contributed by atoms with Crippen LogP contribution in [0.15, 0.2) is 6.20 Å². The predicted octanol–water partition coefficient (Wildman–Crippen LogP) is 0.478. The van der Waals surface area contributed by atoms with Crippen molar-refractivity contribution >= 4 is 6.29 Å². The van der Waals surface area contributed by atoms with E-state index < -0.39 is 0 Å². The molecular weight excluding hydrogens is 144 g/mol. The molecule has 1 aromatic heterocycles. The standard InChI is InChI=1S/C7H8N2O2/c10-5-6-4-8-9-2-1-3-11-7(6)9/h4-5H,1-3H2. The smallest absolute Gasteiger partial charge is 0.222 e. The lowest BCUT2D eigenvalue weighted by molar-refractivity contribution is 0.111. The van der Waals surface area contributed by atoms with Gasteiger partial charge < -0.3 is 4.74 Å². The number of fused-ring (bicyclic) bond motifs is 1. The molecule has 0 spiro atoms. The molecule has 0 fully saturated rings. The topological polar surface area (TPSA) is 44.1 Å². The van der Waals surface area contributed by atoms with Crippen LogP contribution in [0.1, 0.15) is 16.8 Å². The third-order valence-electron chi connectivity index (χ3n) is 1.70. The normalized spacial score (nSPS) is 15.3. The van der Waals surface area contributed by atoms with Gasteiger partial charge in [0.25, 0.3) is 0 Å². The van der Waals surface area contributed by atoms with Crippen LogP contribution in [0, 0.1) is 0 Å². The predicted molar refractivity (Wildman–Crippen MR) is 37.7 cm³/mol. The number of hydrogen-bond acceptors (Lipinski definition) is 3. The Bertz CT molecular complexity index is 280. The zero-order valence-corrected chi connectivity index (χ0v) is 5.99. The van der Waals surface area contributed by atoms with Gasteiger partial charge in [-0.25, -0.2) is 4.68 Å². The van der Waals surface area contributed by atoms with E-state index in [4.69, 9.17) is 4.74 Å². The zero-order valence-electron chi connectivity index (χ0n) is 5.99. The lowest BCUT2D eigenvalue weighted by atomic mass is 10.3. The molecule has 0 bridgehead atoms. The van der Waals surface area contributed by atoms with Crippen molar-refractivity contribution in [3.05, 3.63) is 11.8 Å². The van der Waals surface area contributed by atoms with Gasteiger partial charge in [-0.05, 0) is 0 Å². The molecule has 0 radical (unpaired) electrons. The summed E-state index contributed by atoms with van der Waals surface area (Å²) >= 11 is 0. The summed E-state index contributed by atoms with van der Waals surface area (Å²) in [5.74, 6) is 0.617. The van der Waals surface area contributed by atoms with Crippen molar-refractivity contribution in [3.63, 3.8) is 0 Å². The van der Waals surface area contributed by atoms with E-state index in [1.165, 1.54) is 6.20 Å². The fourth-order valence-electron chi connectivity index (χ4n) is 1.17. The van der Waals surface area contributed by atoms with E-state index >= 15 is 0 Å². The molecule has 0 N–H and O–H groups in total. The minimum absolute atomic E-state index is 0.546. The Balaban J connectivity index is 2.45. The van der Waals surface area contributed by atoms with E-state index in [9.17, 15) is 4.79 Å². The quantitative estimate of drug-likeness (QED) is 0.550. The van der Waals surface area contributed by atoms with Crippen LogP contribution in [0.4, 0.5) is 0 Å². The zero-order chi connectivity index (χ0) is 7.68. The summed E-state index contributed by atoms with van der Waals surface area (Å²) in [6.07, 6.45) is 3.27. The van der Waals surface area contributed by atoms with Crippen LogP contribution in [-0.2, 0) is 6.54 Å². The SMILES string of the molecule is O=Cc1cnn2c1OCCC2. The van der Waals surface area contributed by atoms with Crippen LogP contribution in [0.5, 0.6) is 5.88 Å². The lowest BCUT2D eigenvalue weighted by Gasteiger charge is -2.14. The van der Waals surface area contributed by atoms with E-state index in [2.05, 4.69) is 5.10 Å². The summed E-state index contributed by atoms with van der Waals surface area (Å²) in [7, 11) is 0. The van der Waals surface area contributed by atoms with Crippen molar-refractivity contribution < 1.29 is 9.53 Å². The Morgan fingerprint density at radius 2 is 2.64 bits per heavy atom. The van der Waals surface area contributed by atoms with E-state index in [1.807, 2.05) is 0 Å². The maximum Gasteiger partial charge on any atom is 0.222 e. The first-order valence-electron chi connectivity index (χ1n) is 3.55. The highest BCUT2D eigenvalue weighted by atomic mass is 16.5. The minimum Gasteiger partial charge on any atom is -0.477 e. The number of rotatable bonds is 1. The second-order valence-corrected chi connectivity index (χ2v) is 2.45. The fourth-order valence-corrected chi connectivity index (χ4v) is 1.17. The summed E-state index contributed by atoms with van der Waals surface area (Å²) < 4.78 is 6.97. The first kappa shape index (κ1) is 6.39. The monoisotopic (exact) mass is 152 g/mol. The molecule has 0 unspecified atom stereocenters. The van der Waals surface area contributed by atoms with Gasteiger partial charge in [0.15, 0.2) is 6.29 Å². The van der Waals surface area contributed by atoms with Crippen molar-refractivity contribution in [2.45, 2.75) is 13.0 Å². The van der Waals surface area contributed by atoms with Crippen LogP contribution in [-0.4, -0.2) is 22.7 Å². The average molecular weight is 152 g/mol. The molecule has 0 aliphatic carbocycles. The molecule has 1 aliphatic heterocycles. The van der Waals surface area contributed by atoms with Gasteiger partial charge in [-0.1, -0.05) is 0 Å². The van der Waals surface area contributed by atoms with Crippen LogP contribution < -0.4 is 4.74 Å². The summed E-state index contributed by atoms with van der Waals surface area (Å²) in [6, 6.07) is 0. The van der Waals surface area contributed by atoms with Crippen LogP contribution >= 0.6 is 0 Å². The summed E-state index contributed by atoms with van der Waals surface area (Å²) in [5.41, 5.74) is 0.546. The van der Waals surface area contributed by atoms with Gasteiger partial charge in [0.1, 0.15) is 0 Å². The number of carbonyl (C=O) groups excluding carboxylic acids is 1. The van der Waals surface area contributed by atoms with Gasteiger partial charge >= 0.3 is 0 Å². The number of carbonyl (C=O) groups is 1. The number of ether oxygens (including phenoxy) is 1. The molecule has 11 heavy (non-hydrogen) atoms. The third-order valence-corrected chi connectivity index (χ3v) is 1.70. The highest BCUT2D eigenvalue weighted by molar-refractivity contribution is 5.77. The third kappa shape index (κ3) is 0.906. The van der Waals surface area contributed by atoms with Crippen molar-refractivity contribution in [3.8, 4) is 5.88 Å².